The lowest BCUT2D eigenvalue weighted by Crippen LogP contribution is -2.28. The summed E-state index contributed by atoms with van der Waals surface area (Å²) in [5, 5.41) is 16.4. The number of aliphatic hydroxyl groups excluding tert-OH is 1. The Bertz CT molecular complexity index is 632. The number of nitrogens with zero attached hydrogens (tertiary/aromatic N) is 3. The van der Waals surface area contributed by atoms with Gasteiger partial charge in [-0.25, -0.2) is 9.07 Å². The van der Waals surface area contributed by atoms with Crippen LogP contribution in [0, 0.1) is 5.82 Å². The molecule has 0 aliphatic rings. The van der Waals surface area contributed by atoms with Gasteiger partial charge in [0.05, 0.1) is 5.69 Å². The number of nitrogens with two attached hydrogens (primary N) is 1. The molecule has 0 saturated carbocycles. The standard InChI is InChI=1S/C12H12BrFN4O2/c13-7-1-2-9(10(14)5-7)11(12(15)20)18-6-8(3-4-19)16-17-18/h1-2,5-6,11,19H,3-4H2,(H2,15,20). The van der Waals surface area contributed by atoms with E-state index in [9.17, 15) is 9.18 Å². The van der Waals surface area contributed by atoms with Crippen molar-refractivity contribution in [3.63, 3.8) is 0 Å². The minimum atomic E-state index is -1.08. The SMILES string of the molecule is NC(=O)C(c1ccc(Br)cc1F)n1cc(CCO)nn1. The molecule has 8 heteroatoms. The van der Waals surface area contributed by atoms with Crippen LogP contribution in [-0.4, -0.2) is 32.6 Å². The molecule has 1 aromatic heterocycles. The number of rotatable bonds is 5. The number of hydrogen-bond donors (Lipinski definition) is 2. The zero-order chi connectivity index (χ0) is 14.7. The van der Waals surface area contributed by atoms with Crippen molar-refractivity contribution in [1.29, 1.82) is 0 Å². The van der Waals surface area contributed by atoms with E-state index in [2.05, 4.69) is 26.2 Å². The number of aliphatic hydroxyl groups is 1. The highest BCUT2D eigenvalue weighted by molar-refractivity contribution is 9.10. The molecule has 0 saturated heterocycles. The molecule has 2 aromatic rings. The average Bonchev–Trinajstić information content (AvgIpc) is 2.81. The Morgan fingerprint density at radius 2 is 2.30 bits per heavy atom. The van der Waals surface area contributed by atoms with E-state index in [0.29, 0.717) is 16.6 Å². The first-order valence-corrected chi connectivity index (χ1v) is 6.58. The summed E-state index contributed by atoms with van der Waals surface area (Å²) in [6.07, 6.45) is 1.77. The average molecular weight is 343 g/mol. The van der Waals surface area contributed by atoms with E-state index in [1.165, 1.54) is 23.0 Å². The summed E-state index contributed by atoms with van der Waals surface area (Å²) in [7, 11) is 0. The van der Waals surface area contributed by atoms with Crippen molar-refractivity contribution in [2.45, 2.75) is 12.5 Å². The number of halogens is 2. The van der Waals surface area contributed by atoms with Crippen molar-refractivity contribution < 1.29 is 14.3 Å². The quantitative estimate of drug-likeness (QED) is 0.839. The van der Waals surface area contributed by atoms with Crippen molar-refractivity contribution >= 4 is 21.8 Å². The number of primary amides is 1. The molecule has 1 atom stereocenters. The fourth-order valence-electron chi connectivity index (χ4n) is 1.82. The van der Waals surface area contributed by atoms with Crippen LogP contribution in [0.15, 0.2) is 28.9 Å². The Hall–Kier alpha value is -1.80. The van der Waals surface area contributed by atoms with Crippen LogP contribution in [0.25, 0.3) is 0 Å². The number of aromatic nitrogens is 3. The normalized spacial score (nSPS) is 12.3. The number of benzene rings is 1. The van der Waals surface area contributed by atoms with Gasteiger partial charge >= 0.3 is 0 Å². The topological polar surface area (TPSA) is 94.0 Å². The molecule has 1 amide bonds. The van der Waals surface area contributed by atoms with Crippen LogP contribution in [-0.2, 0) is 11.2 Å². The van der Waals surface area contributed by atoms with Gasteiger partial charge in [0.15, 0.2) is 6.04 Å². The van der Waals surface area contributed by atoms with Gasteiger partial charge in [0.2, 0.25) is 5.91 Å². The Morgan fingerprint density at radius 1 is 1.55 bits per heavy atom. The van der Waals surface area contributed by atoms with Crippen LogP contribution in [0.3, 0.4) is 0 Å². The number of carbonyl (C=O) groups is 1. The third-order valence-electron chi connectivity index (χ3n) is 2.72. The summed E-state index contributed by atoms with van der Waals surface area (Å²) < 4.78 is 15.7. The first kappa shape index (κ1) is 14.6. The zero-order valence-corrected chi connectivity index (χ0v) is 11.9. The molecular weight excluding hydrogens is 331 g/mol. The number of hydrogen-bond acceptors (Lipinski definition) is 4. The van der Waals surface area contributed by atoms with E-state index in [0.717, 1.165) is 0 Å². The second-order valence-electron chi connectivity index (χ2n) is 4.13. The molecule has 1 unspecified atom stereocenters. The molecule has 0 aliphatic heterocycles. The maximum Gasteiger partial charge on any atom is 0.247 e. The molecule has 0 spiro atoms. The lowest BCUT2D eigenvalue weighted by molar-refractivity contribution is -0.120. The van der Waals surface area contributed by atoms with Gasteiger partial charge < -0.3 is 10.8 Å². The van der Waals surface area contributed by atoms with Crippen molar-refractivity contribution in [3.8, 4) is 0 Å². The van der Waals surface area contributed by atoms with E-state index in [4.69, 9.17) is 10.8 Å². The molecule has 0 radical (unpaired) electrons. The van der Waals surface area contributed by atoms with Crippen LogP contribution in [0.1, 0.15) is 17.3 Å². The highest BCUT2D eigenvalue weighted by atomic mass is 79.9. The first-order chi connectivity index (χ1) is 9.52. The molecule has 106 valence electrons. The fraction of sp³-hybridized carbons (Fsp3) is 0.250. The van der Waals surface area contributed by atoms with Gasteiger partial charge in [-0.2, -0.15) is 0 Å². The molecule has 6 nitrogen and oxygen atoms in total. The van der Waals surface area contributed by atoms with Gasteiger partial charge in [-0.1, -0.05) is 27.2 Å². The fourth-order valence-corrected chi connectivity index (χ4v) is 2.15. The predicted octanol–water partition coefficient (Wildman–Crippen LogP) is 0.789. The van der Waals surface area contributed by atoms with Gasteiger partial charge in [-0.05, 0) is 12.1 Å². The van der Waals surface area contributed by atoms with E-state index in [1.54, 1.807) is 6.07 Å². The highest BCUT2D eigenvalue weighted by Gasteiger charge is 2.24. The first-order valence-electron chi connectivity index (χ1n) is 5.78. The van der Waals surface area contributed by atoms with Crippen LogP contribution in [0.5, 0.6) is 0 Å². The van der Waals surface area contributed by atoms with Crippen molar-refractivity contribution in [3.05, 3.63) is 45.9 Å². The highest BCUT2D eigenvalue weighted by Crippen LogP contribution is 2.23. The molecule has 20 heavy (non-hydrogen) atoms. The maximum atomic E-state index is 14.0. The van der Waals surface area contributed by atoms with Crippen LogP contribution in [0.2, 0.25) is 0 Å². The van der Waals surface area contributed by atoms with E-state index < -0.39 is 17.8 Å². The maximum absolute atomic E-state index is 14.0. The summed E-state index contributed by atoms with van der Waals surface area (Å²) in [4.78, 5) is 11.6. The van der Waals surface area contributed by atoms with Crippen LogP contribution < -0.4 is 5.73 Å². The Morgan fingerprint density at radius 3 is 2.90 bits per heavy atom. The van der Waals surface area contributed by atoms with Crippen molar-refractivity contribution in [2.24, 2.45) is 5.73 Å². The van der Waals surface area contributed by atoms with E-state index in [-0.39, 0.29) is 12.2 Å². The molecular formula is C12H12BrFN4O2. The van der Waals surface area contributed by atoms with E-state index in [1.807, 2.05) is 0 Å². The molecule has 0 fully saturated rings. The summed E-state index contributed by atoms with van der Waals surface area (Å²) in [6.45, 7) is -0.0907. The van der Waals surface area contributed by atoms with E-state index >= 15 is 0 Å². The monoisotopic (exact) mass is 342 g/mol. The summed E-state index contributed by atoms with van der Waals surface area (Å²) in [5.74, 6) is -1.31. The third-order valence-corrected chi connectivity index (χ3v) is 3.21. The second-order valence-corrected chi connectivity index (χ2v) is 5.05. The molecule has 0 aliphatic carbocycles. The molecule has 2 rings (SSSR count). The lowest BCUT2D eigenvalue weighted by atomic mass is 10.1. The lowest BCUT2D eigenvalue weighted by Gasteiger charge is -2.14. The van der Waals surface area contributed by atoms with Crippen LogP contribution in [0.4, 0.5) is 4.39 Å². The molecule has 3 N–H and O–H groups in total. The van der Waals surface area contributed by atoms with Gasteiger partial charge in [0.25, 0.3) is 0 Å². The number of carbonyl (C=O) groups excluding carboxylic acids is 1. The molecule has 0 bridgehead atoms. The molecule has 1 aromatic carbocycles. The number of amides is 1. The Balaban J connectivity index is 2.42. The second kappa shape index (κ2) is 6.10. The van der Waals surface area contributed by atoms with Gasteiger partial charge in [-0.3, -0.25) is 4.79 Å². The van der Waals surface area contributed by atoms with Gasteiger partial charge in [0, 0.05) is 29.3 Å². The van der Waals surface area contributed by atoms with Crippen LogP contribution >= 0.6 is 15.9 Å². The minimum absolute atomic E-state index is 0.0907. The summed E-state index contributed by atoms with van der Waals surface area (Å²) in [6, 6.07) is 3.24. The summed E-state index contributed by atoms with van der Waals surface area (Å²) in [5.41, 5.74) is 5.94. The molecule has 1 heterocycles. The van der Waals surface area contributed by atoms with Gasteiger partial charge in [0.1, 0.15) is 5.82 Å². The van der Waals surface area contributed by atoms with Crippen molar-refractivity contribution in [1.82, 2.24) is 15.0 Å². The minimum Gasteiger partial charge on any atom is -0.396 e. The summed E-state index contributed by atoms with van der Waals surface area (Å²) >= 11 is 3.14. The largest absolute Gasteiger partial charge is 0.396 e. The predicted molar refractivity (Wildman–Crippen MR) is 72.2 cm³/mol. The zero-order valence-electron chi connectivity index (χ0n) is 10.3. The Kier molecular flexibility index (Phi) is 4.46. The smallest absolute Gasteiger partial charge is 0.247 e. The third kappa shape index (κ3) is 3.02. The van der Waals surface area contributed by atoms with Gasteiger partial charge in [-0.15, -0.1) is 5.10 Å². The Labute approximate surface area is 122 Å². The van der Waals surface area contributed by atoms with Crippen molar-refractivity contribution in [2.75, 3.05) is 6.61 Å².